The second-order valence-corrected chi connectivity index (χ2v) is 8.86. The third-order valence-corrected chi connectivity index (χ3v) is 6.48. The zero-order chi connectivity index (χ0) is 19.6. The number of carbonyl (C=O) groups excluding carboxylic acids is 1. The molecule has 0 aliphatic heterocycles. The van der Waals surface area contributed by atoms with Gasteiger partial charge in [0.25, 0.3) is 5.91 Å². The van der Waals surface area contributed by atoms with Crippen molar-refractivity contribution in [3.8, 4) is 0 Å². The molecule has 2 rings (SSSR count). The Morgan fingerprint density at radius 3 is 1.96 bits per heavy atom. The van der Waals surface area contributed by atoms with Gasteiger partial charge in [-0.15, -0.1) is 0 Å². The molecule has 2 aromatic carbocycles. The van der Waals surface area contributed by atoms with Crippen LogP contribution >= 0.6 is 0 Å². The average molecular weight is 375 g/mol. The minimum Gasteiger partial charge on any atom is -0.322 e. The molecule has 0 unspecified atom stereocenters. The highest BCUT2D eigenvalue weighted by molar-refractivity contribution is 7.89. The molecule has 0 spiro atoms. The van der Waals surface area contributed by atoms with Crippen molar-refractivity contribution in [3.63, 3.8) is 0 Å². The van der Waals surface area contributed by atoms with Crippen LogP contribution in [0.5, 0.6) is 0 Å². The van der Waals surface area contributed by atoms with Gasteiger partial charge in [-0.1, -0.05) is 17.7 Å². The van der Waals surface area contributed by atoms with E-state index in [1.54, 1.807) is 7.05 Å². The number of carbonyl (C=O) groups is 1. The van der Waals surface area contributed by atoms with Crippen molar-refractivity contribution in [1.29, 1.82) is 0 Å². The molecule has 0 radical (unpaired) electrons. The summed E-state index contributed by atoms with van der Waals surface area (Å²) < 4.78 is 26.3. The second-order valence-electron chi connectivity index (χ2n) is 6.87. The lowest BCUT2D eigenvalue weighted by Crippen LogP contribution is -2.33. The molecule has 5 nitrogen and oxygen atoms in total. The first-order valence-electron chi connectivity index (χ1n) is 8.51. The first-order chi connectivity index (χ1) is 12.0. The fourth-order valence-corrected chi connectivity index (χ4v) is 4.15. The van der Waals surface area contributed by atoms with Crippen LogP contribution in [0.1, 0.15) is 40.9 Å². The third kappa shape index (κ3) is 4.14. The molecule has 0 atom stereocenters. The van der Waals surface area contributed by atoms with Crippen molar-refractivity contribution in [2.75, 3.05) is 12.4 Å². The van der Waals surface area contributed by atoms with E-state index >= 15 is 0 Å². The minimum atomic E-state index is -3.56. The monoisotopic (exact) mass is 374 g/mol. The highest BCUT2D eigenvalue weighted by Gasteiger charge is 2.23. The first kappa shape index (κ1) is 20.1. The highest BCUT2D eigenvalue weighted by atomic mass is 32.2. The molecule has 6 heteroatoms. The lowest BCUT2D eigenvalue weighted by Gasteiger charge is -2.21. The molecule has 1 amide bonds. The molecule has 0 aromatic heterocycles. The van der Waals surface area contributed by atoms with Crippen LogP contribution in [0.25, 0.3) is 0 Å². The van der Waals surface area contributed by atoms with E-state index in [2.05, 4.69) is 5.32 Å². The third-order valence-electron chi connectivity index (χ3n) is 4.44. The number of aryl methyl sites for hydroxylation is 3. The molecular formula is C20H26N2O3S. The maximum atomic E-state index is 12.5. The van der Waals surface area contributed by atoms with E-state index in [1.807, 2.05) is 46.8 Å². The Balaban J connectivity index is 2.25. The van der Waals surface area contributed by atoms with Crippen molar-refractivity contribution in [2.24, 2.45) is 0 Å². The molecule has 140 valence electrons. The number of benzene rings is 2. The molecule has 0 aliphatic carbocycles. The number of hydrogen-bond acceptors (Lipinski definition) is 3. The summed E-state index contributed by atoms with van der Waals surface area (Å²) in [6.07, 6.45) is 0. The maximum Gasteiger partial charge on any atom is 0.255 e. The lowest BCUT2D eigenvalue weighted by atomic mass is 10.0. The van der Waals surface area contributed by atoms with Crippen LogP contribution < -0.4 is 5.32 Å². The Labute approximate surface area is 156 Å². The van der Waals surface area contributed by atoms with Gasteiger partial charge in [-0.25, -0.2) is 8.42 Å². The topological polar surface area (TPSA) is 66.5 Å². The van der Waals surface area contributed by atoms with E-state index in [-0.39, 0.29) is 16.8 Å². The van der Waals surface area contributed by atoms with Crippen LogP contribution in [0.3, 0.4) is 0 Å². The zero-order valence-electron chi connectivity index (χ0n) is 16.1. The SMILES string of the molecule is Cc1cc(C)c(NC(=O)c2ccc(S(=O)(=O)N(C)C(C)C)cc2)c(C)c1. The number of anilines is 1. The van der Waals surface area contributed by atoms with Gasteiger partial charge in [0.05, 0.1) is 4.90 Å². The smallest absolute Gasteiger partial charge is 0.255 e. The van der Waals surface area contributed by atoms with Crippen LogP contribution in [-0.4, -0.2) is 31.7 Å². The van der Waals surface area contributed by atoms with E-state index in [1.165, 1.54) is 28.6 Å². The van der Waals surface area contributed by atoms with Crippen LogP contribution in [0, 0.1) is 20.8 Å². The van der Waals surface area contributed by atoms with Gasteiger partial charge in [0.2, 0.25) is 10.0 Å². The van der Waals surface area contributed by atoms with Crippen molar-refractivity contribution in [3.05, 3.63) is 58.7 Å². The fraction of sp³-hybridized carbons (Fsp3) is 0.350. The summed E-state index contributed by atoms with van der Waals surface area (Å²) in [5, 5.41) is 2.92. The van der Waals surface area contributed by atoms with Crippen LogP contribution in [-0.2, 0) is 10.0 Å². The normalized spacial score (nSPS) is 11.8. The van der Waals surface area contributed by atoms with E-state index in [9.17, 15) is 13.2 Å². The molecule has 0 saturated carbocycles. The van der Waals surface area contributed by atoms with Gasteiger partial charge in [-0.05, 0) is 70.0 Å². The minimum absolute atomic E-state index is 0.143. The Morgan fingerprint density at radius 2 is 1.50 bits per heavy atom. The van der Waals surface area contributed by atoms with Gasteiger partial charge in [0.15, 0.2) is 0 Å². The molecule has 26 heavy (non-hydrogen) atoms. The molecule has 0 saturated heterocycles. The Bertz CT molecular complexity index is 894. The van der Waals surface area contributed by atoms with Crippen LogP contribution in [0.15, 0.2) is 41.3 Å². The molecule has 0 bridgehead atoms. The van der Waals surface area contributed by atoms with Gasteiger partial charge in [0, 0.05) is 24.3 Å². The predicted molar refractivity (Wildman–Crippen MR) is 105 cm³/mol. The number of rotatable bonds is 5. The van der Waals surface area contributed by atoms with E-state index in [0.717, 1.165) is 22.4 Å². The van der Waals surface area contributed by atoms with Gasteiger partial charge < -0.3 is 5.32 Å². The summed E-state index contributed by atoms with van der Waals surface area (Å²) >= 11 is 0. The molecule has 0 aliphatic rings. The van der Waals surface area contributed by atoms with Gasteiger partial charge in [0.1, 0.15) is 0 Å². The molecule has 0 heterocycles. The number of nitrogens with one attached hydrogen (secondary N) is 1. The summed E-state index contributed by atoms with van der Waals surface area (Å²) in [6, 6.07) is 9.90. The molecule has 1 N–H and O–H groups in total. The quantitative estimate of drug-likeness (QED) is 0.863. The summed E-state index contributed by atoms with van der Waals surface area (Å²) in [7, 11) is -2.01. The standard InChI is InChI=1S/C20H26N2O3S/c1-13(2)22(6)26(24,25)18-9-7-17(8-10-18)20(23)21-19-15(4)11-14(3)12-16(19)5/h7-13H,1-6H3,(H,21,23). The maximum absolute atomic E-state index is 12.5. The van der Waals surface area contributed by atoms with Crippen LogP contribution in [0.2, 0.25) is 0 Å². The van der Waals surface area contributed by atoms with E-state index in [0.29, 0.717) is 5.56 Å². The Morgan fingerprint density at radius 1 is 1.00 bits per heavy atom. The van der Waals surface area contributed by atoms with Gasteiger partial charge in [-0.2, -0.15) is 4.31 Å². The summed E-state index contributed by atoms with van der Waals surface area (Å²) in [4.78, 5) is 12.7. The lowest BCUT2D eigenvalue weighted by molar-refractivity contribution is 0.102. The van der Waals surface area contributed by atoms with E-state index < -0.39 is 10.0 Å². The van der Waals surface area contributed by atoms with Gasteiger partial charge >= 0.3 is 0 Å². The summed E-state index contributed by atoms with van der Waals surface area (Å²) in [5.41, 5.74) is 4.33. The number of hydrogen-bond donors (Lipinski definition) is 1. The van der Waals surface area contributed by atoms with Crippen molar-refractivity contribution in [2.45, 2.75) is 45.6 Å². The van der Waals surface area contributed by atoms with Crippen molar-refractivity contribution in [1.82, 2.24) is 4.31 Å². The number of sulfonamides is 1. The number of nitrogens with zero attached hydrogens (tertiary/aromatic N) is 1. The average Bonchev–Trinajstić information content (AvgIpc) is 2.57. The highest BCUT2D eigenvalue weighted by Crippen LogP contribution is 2.23. The summed E-state index contributed by atoms with van der Waals surface area (Å²) in [6.45, 7) is 9.54. The Hall–Kier alpha value is -2.18. The van der Waals surface area contributed by atoms with Gasteiger partial charge in [-0.3, -0.25) is 4.79 Å². The van der Waals surface area contributed by atoms with E-state index in [4.69, 9.17) is 0 Å². The van der Waals surface area contributed by atoms with Crippen molar-refractivity contribution < 1.29 is 13.2 Å². The zero-order valence-corrected chi connectivity index (χ0v) is 16.9. The second kappa shape index (κ2) is 7.60. The first-order valence-corrected chi connectivity index (χ1v) is 9.95. The summed E-state index contributed by atoms with van der Waals surface area (Å²) in [5.74, 6) is -0.263. The largest absolute Gasteiger partial charge is 0.322 e. The van der Waals surface area contributed by atoms with Crippen LogP contribution in [0.4, 0.5) is 5.69 Å². The predicted octanol–water partition coefficient (Wildman–Crippen LogP) is 3.89. The number of amides is 1. The molecule has 0 fully saturated rings. The molecular weight excluding hydrogens is 348 g/mol. The van der Waals surface area contributed by atoms with Crippen molar-refractivity contribution >= 4 is 21.6 Å². The molecule has 2 aromatic rings. The fourth-order valence-electron chi connectivity index (χ4n) is 2.78. The Kier molecular flexibility index (Phi) is 5.88.